The van der Waals surface area contributed by atoms with Gasteiger partial charge in [-0.2, -0.15) is 18.3 Å². The van der Waals surface area contributed by atoms with Crippen LogP contribution in [0.15, 0.2) is 30.3 Å². The average Bonchev–Trinajstić information content (AvgIpc) is 2.86. The third kappa shape index (κ3) is 2.81. The van der Waals surface area contributed by atoms with Gasteiger partial charge in [0, 0.05) is 11.6 Å². The molecule has 3 N–H and O–H groups in total. The Kier molecular flexibility index (Phi) is 3.49. The summed E-state index contributed by atoms with van der Waals surface area (Å²) in [5.41, 5.74) is 7.29. The molecule has 1 saturated carbocycles. The van der Waals surface area contributed by atoms with Crippen LogP contribution in [0.25, 0.3) is 11.3 Å². The maximum atomic E-state index is 12.5. The predicted molar refractivity (Wildman–Crippen MR) is 73.3 cm³/mol. The van der Waals surface area contributed by atoms with Crippen LogP contribution in [0.5, 0.6) is 0 Å². The van der Waals surface area contributed by atoms with Crippen LogP contribution >= 0.6 is 0 Å². The third-order valence-corrected chi connectivity index (χ3v) is 4.13. The van der Waals surface area contributed by atoms with E-state index in [1.54, 1.807) is 12.1 Å². The monoisotopic (exact) mass is 295 g/mol. The van der Waals surface area contributed by atoms with Crippen LogP contribution in [0.3, 0.4) is 0 Å². The fraction of sp³-hybridized carbons (Fsp3) is 0.400. The summed E-state index contributed by atoms with van der Waals surface area (Å²) in [4.78, 5) is 0. The first-order valence-corrected chi connectivity index (χ1v) is 6.93. The summed E-state index contributed by atoms with van der Waals surface area (Å²) >= 11 is 0. The minimum absolute atomic E-state index is 0.0118. The number of rotatable bonds is 3. The average molecular weight is 295 g/mol. The minimum atomic E-state index is -4.40. The minimum Gasteiger partial charge on any atom is -0.324 e. The zero-order chi connectivity index (χ0) is 15.0. The van der Waals surface area contributed by atoms with Crippen molar-refractivity contribution in [3.05, 3.63) is 41.6 Å². The molecule has 0 amide bonds. The van der Waals surface area contributed by atoms with Gasteiger partial charge >= 0.3 is 6.18 Å². The molecule has 1 fully saturated rings. The number of nitrogens with one attached hydrogen (secondary N) is 1. The van der Waals surface area contributed by atoms with Gasteiger partial charge in [0.15, 0.2) is 0 Å². The summed E-state index contributed by atoms with van der Waals surface area (Å²) in [7, 11) is 0. The van der Waals surface area contributed by atoms with Crippen molar-refractivity contribution in [3.63, 3.8) is 0 Å². The molecule has 6 heteroatoms. The molecule has 0 aliphatic heterocycles. The van der Waals surface area contributed by atoms with Crippen molar-refractivity contribution in [2.45, 2.75) is 31.5 Å². The lowest BCUT2D eigenvalue weighted by Gasteiger charge is -2.31. The molecule has 3 nitrogen and oxygen atoms in total. The molecule has 0 saturated heterocycles. The third-order valence-electron chi connectivity index (χ3n) is 4.13. The van der Waals surface area contributed by atoms with E-state index in [1.165, 1.54) is 6.42 Å². The molecule has 3 rings (SSSR count). The second-order valence-electron chi connectivity index (χ2n) is 5.50. The van der Waals surface area contributed by atoms with Crippen molar-refractivity contribution >= 4 is 0 Å². The summed E-state index contributed by atoms with van der Waals surface area (Å²) in [5.74, 6) is 0.526. The molecular weight excluding hydrogens is 279 g/mol. The molecular formula is C15H16F3N3. The Hall–Kier alpha value is -1.82. The number of aromatic nitrogens is 2. The van der Waals surface area contributed by atoms with Crippen LogP contribution in [0.1, 0.15) is 36.6 Å². The van der Waals surface area contributed by atoms with Gasteiger partial charge in [-0.1, -0.05) is 30.7 Å². The number of hydrogen-bond acceptors (Lipinski definition) is 2. The fourth-order valence-corrected chi connectivity index (χ4v) is 2.56. The predicted octanol–water partition coefficient (Wildman–Crippen LogP) is 3.90. The fourth-order valence-electron chi connectivity index (χ4n) is 2.56. The largest absolute Gasteiger partial charge is 0.432 e. The molecule has 1 atom stereocenters. The molecule has 1 heterocycles. The topological polar surface area (TPSA) is 54.7 Å². The first kappa shape index (κ1) is 14.1. The lowest BCUT2D eigenvalue weighted by Crippen LogP contribution is -2.26. The van der Waals surface area contributed by atoms with E-state index in [1.807, 2.05) is 17.2 Å². The summed E-state index contributed by atoms with van der Waals surface area (Å²) in [5, 5.41) is 5.73. The number of hydrogen-bond donors (Lipinski definition) is 2. The van der Waals surface area contributed by atoms with Crippen molar-refractivity contribution in [2.24, 2.45) is 11.7 Å². The van der Waals surface area contributed by atoms with Gasteiger partial charge in [-0.3, -0.25) is 5.10 Å². The van der Waals surface area contributed by atoms with Crippen LogP contribution in [0.2, 0.25) is 0 Å². The number of H-pyrrole nitrogens is 1. The maximum absolute atomic E-state index is 12.5. The SMILES string of the molecule is NC(c1ccc(-c2cc(C(F)(F)F)[nH]n2)cc1)C1CCC1. The number of alkyl halides is 3. The van der Waals surface area contributed by atoms with Gasteiger partial charge < -0.3 is 5.73 Å². The Morgan fingerprint density at radius 2 is 1.86 bits per heavy atom. The number of benzene rings is 1. The highest BCUT2D eigenvalue weighted by Gasteiger charge is 2.33. The molecule has 1 unspecified atom stereocenters. The van der Waals surface area contributed by atoms with E-state index < -0.39 is 11.9 Å². The van der Waals surface area contributed by atoms with Crippen LogP contribution < -0.4 is 5.73 Å². The van der Waals surface area contributed by atoms with E-state index in [9.17, 15) is 13.2 Å². The summed E-state index contributed by atoms with van der Waals surface area (Å²) < 4.78 is 37.6. The maximum Gasteiger partial charge on any atom is 0.432 e. The van der Waals surface area contributed by atoms with Crippen LogP contribution in [-0.2, 0) is 6.18 Å². The first-order valence-electron chi connectivity index (χ1n) is 6.93. The summed E-state index contributed by atoms with van der Waals surface area (Å²) in [6.07, 6.45) is -0.879. The lowest BCUT2D eigenvalue weighted by molar-refractivity contribution is -0.141. The molecule has 112 valence electrons. The zero-order valence-corrected chi connectivity index (χ0v) is 11.3. The smallest absolute Gasteiger partial charge is 0.324 e. The van der Waals surface area contributed by atoms with Crippen LogP contribution in [0.4, 0.5) is 13.2 Å². The molecule has 1 aliphatic rings. The van der Waals surface area contributed by atoms with Crippen molar-refractivity contribution in [3.8, 4) is 11.3 Å². The standard InChI is InChI=1S/C15H16F3N3/c16-15(17,18)13-8-12(20-21-13)9-4-6-11(7-5-9)14(19)10-2-1-3-10/h4-8,10,14H,1-3,19H2,(H,20,21). The van der Waals surface area contributed by atoms with E-state index in [4.69, 9.17) is 5.73 Å². The van der Waals surface area contributed by atoms with E-state index in [2.05, 4.69) is 5.10 Å². The molecule has 0 radical (unpaired) electrons. The quantitative estimate of drug-likeness (QED) is 0.902. The van der Waals surface area contributed by atoms with Gasteiger partial charge in [0.05, 0.1) is 5.69 Å². The van der Waals surface area contributed by atoms with Crippen molar-refractivity contribution in [1.29, 1.82) is 0 Å². The van der Waals surface area contributed by atoms with Crippen LogP contribution in [0, 0.1) is 5.92 Å². The van der Waals surface area contributed by atoms with Crippen molar-refractivity contribution < 1.29 is 13.2 Å². The van der Waals surface area contributed by atoms with E-state index in [-0.39, 0.29) is 11.7 Å². The van der Waals surface area contributed by atoms with Gasteiger partial charge in [-0.05, 0) is 30.4 Å². The normalized spacial score (nSPS) is 17.5. The molecule has 21 heavy (non-hydrogen) atoms. The highest BCUT2D eigenvalue weighted by Crippen LogP contribution is 2.36. The molecule has 1 aliphatic carbocycles. The second kappa shape index (κ2) is 5.18. The molecule has 2 aromatic rings. The zero-order valence-electron chi connectivity index (χ0n) is 11.3. The van der Waals surface area contributed by atoms with Gasteiger partial charge in [0.25, 0.3) is 0 Å². The Labute approximate surface area is 120 Å². The Balaban J connectivity index is 1.79. The first-order chi connectivity index (χ1) is 9.95. The Morgan fingerprint density at radius 1 is 1.19 bits per heavy atom. The summed E-state index contributed by atoms with van der Waals surface area (Å²) in [6.45, 7) is 0. The molecule has 1 aromatic heterocycles. The number of halogens is 3. The van der Waals surface area contributed by atoms with Crippen molar-refractivity contribution in [2.75, 3.05) is 0 Å². The van der Waals surface area contributed by atoms with Gasteiger partial charge in [0.2, 0.25) is 0 Å². The number of aromatic amines is 1. The van der Waals surface area contributed by atoms with Gasteiger partial charge in [-0.25, -0.2) is 0 Å². The van der Waals surface area contributed by atoms with E-state index in [0.717, 1.165) is 24.5 Å². The second-order valence-corrected chi connectivity index (χ2v) is 5.50. The number of nitrogens with zero attached hydrogens (tertiary/aromatic N) is 1. The lowest BCUT2D eigenvalue weighted by atomic mass is 9.77. The molecule has 1 aromatic carbocycles. The Bertz CT molecular complexity index is 612. The van der Waals surface area contributed by atoms with Gasteiger partial charge in [0.1, 0.15) is 5.69 Å². The highest BCUT2D eigenvalue weighted by molar-refractivity contribution is 5.60. The van der Waals surface area contributed by atoms with Crippen LogP contribution in [-0.4, -0.2) is 10.2 Å². The van der Waals surface area contributed by atoms with E-state index >= 15 is 0 Å². The highest BCUT2D eigenvalue weighted by atomic mass is 19.4. The Morgan fingerprint density at radius 3 is 2.33 bits per heavy atom. The number of nitrogens with two attached hydrogens (primary N) is 1. The summed E-state index contributed by atoms with van der Waals surface area (Å²) in [6, 6.07) is 8.31. The molecule has 0 spiro atoms. The van der Waals surface area contributed by atoms with E-state index in [0.29, 0.717) is 11.5 Å². The van der Waals surface area contributed by atoms with Gasteiger partial charge in [-0.15, -0.1) is 0 Å². The molecule has 0 bridgehead atoms. The van der Waals surface area contributed by atoms with Crippen molar-refractivity contribution in [1.82, 2.24) is 10.2 Å².